The first-order chi connectivity index (χ1) is 8.91. The van der Waals surface area contributed by atoms with Gasteiger partial charge >= 0.3 is 0 Å². The number of thiazole rings is 1. The number of nitrogens with zero attached hydrogens (tertiary/aromatic N) is 2. The van der Waals surface area contributed by atoms with Crippen molar-refractivity contribution >= 4 is 32.2 Å². The smallest absolute Gasteiger partial charge is 0.228 e. The van der Waals surface area contributed by atoms with E-state index in [0.29, 0.717) is 23.8 Å². The number of nitrogen functional groups attached to an aromatic ring is 1. The number of carbonyl (C=O) groups excluding carboxylic acids is 1. The summed E-state index contributed by atoms with van der Waals surface area (Å²) in [5.74, 6) is 0.159. The van der Waals surface area contributed by atoms with Gasteiger partial charge in [0.15, 0.2) is 15.0 Å². The molecule has 2 heterocycles. The molecule has 1 atom stereocenters. The van der Waals surface area contributed by atoms with Gasteiger partial charge in [-0.15, -0.1) is 11.3 Å². The van der Waals surface area contributed by atoms with Crippen LogP contribution in [0.1, 0.15) is 19.0 Å². The quantitative estimate of drug-likeness (QED) is 0.863. The summed E-state index contributed by atoms with van der Waals surface area (Å²) < 4.78 is 23.0. The average Bonchev–Trinajstić information content (AvgIpc) is 2.86. The van der Waals surface area contributed by atoms with Crippen LogP contribution in [0.3, 0.4) is 0 Å². The fraction of sp³-hybridized carbons (Fsp3) is 0.636. The maximum Gasteiger partial charge on any atom is 0.228 e. The second kappa shape index (κ2) is 5.46. The summed E-state index contributed by atoms with van der Waals surface area (Å²) in [6.45, 7) is 2.37. The minimum absolute atomic E-state index is 0.0752. The van der Waals surface area contributed by atoms with Crippen molar-refractivity contribution in [2.75, 3.05) is 23.8 Å². The lowest BCUT2D eigenvalue weighted by atomic mass is 10.2. The number of rotatable bonds is 4. The zero-order valence-corrected chi connectivity index (χ0v) is 12.3. The maximum atomic E-state index is 12.2. The van der Waals surface area contributed by atoms with Crippen molar-refractivity contribution in [1.82, 2.24) is 9.88 Å². The molecular formula is C11H17N3O3S2. The summed E-state index contributed by atoms with van der Waals surface area (Å²) in [4.78, 5) is 17.9. The normalized spacial score (nSPS) is 21.4. The first kappa shape index (κ1) is 14.3. The van der Waals surface area contributed by atoms with E-state index in [0.717, 1.165) is 0 Å². The second-order valence-electron chi connectivity index (χ2n) is 4.59. The first-order valence-corrected chi connectivity index (χ1v) is 8.81. The molecule has 0 aliphatic carbocycles. The molecule has 1 aromatic rings. The Hall–Kier alpha value is -1.15. The minimum Gasteiger partial charge on any atom is -0.375 e. The van der Waals surface area contributed by atoms with Crippen molar-refractivity contribution in [2.24, 2.45) is 0 Å². The summed E-state index contributed by atoms with van der Waals surface area (Å²) in [7, 11) is -2.98. The van der Waals surface area contributed by atoms with E-state index in [1.807, 2.05) is 6.92 Å². The standard InChI is InChI=1S/C11H17N3O3S2/c1-2-14(9-3-4-19(16,17)7-9)10(15)5-8-6-18-11(12)13-8/h6,9H,2-5,7H2,1H3,(H2,12,13). The second-order valence-corrected chi connectivity index (χ2v) is 7.71. The predicted molar refractivity (Wildman–Crippen MR) is 74.7 cm³/mol. The molecule has 8 heteroatoms. The van der Waals surface area contributed by atoms with E-state index in [4.69, 9.17) is 5.73 Å². The number of amides is 1. The molecule has 2 rings (SSSR count). The van der Waals surface area contributed by atoms with Crippen LogP contribution in [0.15, 0.2) is 5.38 Å². The third kappa shape index (κ3) is 3.44. The number of likely N-dealkylation sites (N-methyl/N-ethyl adjacent to an activating group) is 1. The van der Waals surface area contributed by atoms with Crippen molar-refractivity contribution in [3.8, 4) is 0 Å². The molecule has 1 aliphatic heterocycles. The third-order valence-corrected chi connectivity index (χ3v) is 5.69. The highest BCUT2D eigenvalue weighted by molar-refractivity contribution is 7.91. The van der Waals surface area contributed by atoms with Crippen molar-refractivity contribution in [3.63, 3.8) is 0 Å². The Morgan fingerprint density at radius 2 is 2.37 bits per heavy atom. The molecule has 0 bridgehead atoms. The molecule has 1 unspecified atom stereocenters. The minimum atomic E-state index is -2.98. The average molecular weight is 303 g/mol. The zero-order chi connectivity index (χ0) is 14.0. The number of hydrogen-bond acceptors (Lipinski definition) is 6. The molecule has 0 saturated carbocycles. The Balaban J connectivity index is 2.03. The van der Waals surface area contributed by atoms with Gasteiger partial charge in [0.1, 0.15) is 0 Å². The largest absolute Gasteiger partial charge is 0.375 e. The van der Waals surface area contributed by atoms with Crippen molar-refractivity contribution in [1.29, 1.82) is 0 Å². The summed E-state index contributed by atoms with van der Waals surface area (Å²) in [6.07, 6.45) is 0.708. The highest BCUT2D eigenvalue weighted by Crippen LogP contribution is 2.19. The maximum absolute atomic E-state index is 12.2. The lowest BCUT2D eigenvalue weighted by molar-refractivity contribution is -0.132. The van der Waals surface area contributed by atoms with Gasteiger partial charge in [-0.3, -0.25) is 4.79 Å². The predicted octanol–water partition coefficient (Wildman–Crippen LogP) is 0.303. The Bertz CT molecular complexity index is 567. The number of nitrogens with two attached hydrogens (primary N) is 1. The van der Waals surface area contributed by atoms with E-state index >= 15 is 0 Å². The van der Waals surface area contributed by atoms with E-state index in [1.165, 1.54) is 11.3 Å². The van der Waals surface area contributed by atoms with Crippen molar-refractivity contribution in [3.05, 3.63) is 11.1 Å². The lowest BCUT2D eigenvalue weighted by Gasteiger charge is -2.26. The molecule has 0 aromatic carbocycles. The van der Waals surface area contributed by atoms with Crippen LogP contribution in [0.4, 0.5) is 5.13 Å². The van der Waals surface area contributed by atoms with Gasteiger partial charge in [0.2, 0.25) is 5.91 Å². The SMILES string of the molecule is CCN(C(=O)Cc1csc(N)n1)C1CCS(=O)(=O)C1. The fourth-order valence-electron chi connectivity index (χ4n) is 2.32. The van der Waals surface area contributed by atoms with Crippen LogP contribution in [0.2, 0.25) is 0 Å². The van der Waals surface area contributed by atoms with E-state index in [2.05, 4.69) is 4.98 Å². The molecule has 1 saturated heterocycles. The molecule has 1 aliphatic rings. The molecule has 19 heavy (non-hydrogen) atoms. The van der Waals surface area contributed by atoms with Gasteiger partial charge in [-0.1, -0.05) is 0 Å². The summed E-state index contributed by atoms with van der Waals surface area (Å²) in [6, 6.07) is -0.196. The van der Waals surface area contributed by atoms with Crippen LogP contribution in [0, 0.1) is 0 Å². The molecule has 2 N–H and O–H groups in total. The van der Waals surface area contributed by atoms with E-state index < -0.39 is 9.84 Å². The first-order valence-electron chi connectivity index (χ1n) is 6.11. The van der Waals surface area contributed by atoms with Gasteiger partial charge in [-0.05, 0) is 13.3 Å². The van der Waals surface area contributed by atoms with Crippen LogP contribution < -0.4 is 5.73 Å². The Labute approximate surface area is 116 Å². The van der Waals surface area contributed by atoms with E-state index in [-0.39, 0.29) is 29.9 Å². The molecule has 1 aromatic heterocycles. The molecule has 0 spiro atoms. The summed E-state index contributed by atoms with van der Waals surface area (Å²) in [5.41, 5.74) is 6.17. The summed E-state index contributed by atoms with van der Waals surface area (Å²) in [5, 5.41) is 2.20. The van der Waals surface area contributed by atoms with Crippen LogP contribution in [-0.4, -0.2) is 48.3 Å². The van der Waals surface area contributed by atoms with E-state index in [1.54, 1.807) is 10.3 Å². The summed E-state index contributed by atoms with van der Waals surface area (Å²) >= 11 is 1.30. The Morgan fingerprint density at radius 3 is 2.84 bits per heavy atom. The van der Waals surface area contributed by atoms with Crippen LogP contribution in [0.5, 0.6) is 0 Å². The van der Waals surface area contributed by atoms with Gasteiger partial charge in [0.05, 0.1) is 23.6 Å². The Kier molecular flexibility index (Phi) is 4.10. The van der Waals surface area contributed by atoms with Crippen molar-refractivity contribution < 1.29 is 13.2 Å². The lowest BCUT2D eigenvalue weighted by Crippen LogP contribution is -2.41. The number of aromatic nitrogens is 1. The highest BCUT2D eigenvalue weighted by atomic mass is 32.2. The van der Waals surface area contributed by atoms with Gasteiger partial charge in [0.25, 0.3) is 0 Å². The van der Waals surface area contributed by atoms with E-state index in [9.17, 15) is 13.2 Å². The molecule has 6 nitrogen and oxygen atoms in total. The van der Waals surface area contributed by atoms with Crippen molar-refractivity contribution in [2.45, 2.75) is 25.8 Å². The van der Waals surface area contributed by atoms with Crippen LogP contribution >= 0.6 is 11.3 Å². The van der Waals surface area contributed by atoms with Crippen LogP contribution in [0.25, 0.3) is 0 Å². The monoisotopic (exact) mass is 303 g/mol. The molecular weight excluding hydrogens is 286 g/mol. The van der Waals surface area contributed by atoms with Crippen LogP contribution in [-0.2, 0) is 21.1 Å². The number of anilines is 1. The molecule has 0 radical (unpaired) electrons. The molecule has 106 valence electrons. The highest BCUT2D eigenvalue weighted by Gasteiger charge is 2.33. The number of hydrogen-bond donors (Lipinski definition) is 1. The molecule has 1 fully saturated rings. The Morgan fingerprint density at radius 1 is 1.63 bits per heavy atom. The van der Waals surface area contributed by atoms with Gasteiger partial charge in [0, 0.05) is 18.0 Å². The van der Waals surface area contributed by atoms with Gasteiger partial charge < -0.3 is 10.6 Å². The third-order valence-electron chi connectivity index (χ3n) is 3.21. The number of sulfone groups is 1. The number of carbonyl (C=O) groups is 1. The van der Waals surface area contributed by atoms with Gasteiger partial charge in [-0.25, -0.2) is 13.4 Å². The topological polar surface area (TPSA) is 93.4 Å². The fourth-order valence-corrected chi connectivity index (χ4v) is 4.61. The zero-order valence-electron chi connectivity index (χ0n) is 10.7. The molecule has 1 amide bonds. The van der Waals surface area contributed by atoms with Gasteiger partial charge in [-0.2, -0.15) is 0 Å².